The monoisotopic (exact) mass is 307 g/mol. The van der Waals surface area contributed by atoms with Gasteiger partial charge in [0.25, 0.3) is 0 Å². The number of benzene rings is 1. The zero-order valence-corrected chi connectivity index (χ0v) is 12.4. The molecule has 1 aromatic carbocycles. The topological polar surface area (TPSA) is 61.4 Å². The molecule has 3 rings (SSSR count). The second-order valence-electron chi connectivity index (χ2n) is 5.65. The van der Waals surface area contributed by atoms with Gasteiger partial charge in [-0.25, -0.2) is 0 Å². The number of anilines is 1. The van der Waals surface area contributed by atoms with Crippen molar-refractivity contribution >= 4 is 29.1 Å². The molecule has 2 N–H and O–H groups in total. The fourth-order valence-electron chi connectivity index (χ4n) is 2.64. The van der Waals surface area contributed by atoms with Gasteiger partial charge in [-0.05, 0) is 24.3 Å². The van der Waals surface area contributed by atoms with E-state index in [1.165, 1.54) is 0 Å². The van der Waals surface area contributed by atoms with E-state index in [0.717, 1.165) is 18.8 Å². The Morgan fingerprint density at radius 3 is 2.67 bits per heavy atom. The van der Waals surface area contributed by atoms with Crippen LogP contribution in [0.4, 0.5) is 5.69 Å². The Morgan fingerprint density at radius 1 is 1.33 bits per heavy atom. The quantitative estimate of drug-likeness (QED) is 0.873. The zero-order chi connectivity index (χ0) is 14.8. The third kappa shape index (κ3) is 3.19. The molecular formula is C15H18ClN3O2. The van der Waals surface area contributed by atoms with Crippen molar-refractivity contribution in [1.29, 1.82) is 0 Å². The summed E-state index contributed by atoms with van der Waals surface area (Å²) in [6, 6.07) is 7.11. The summed E-state index contributed by atoms with van der Waals surface area (Å²) in [5, 5.41) is 6.75. The van der Waals surface area contributed by atoms with E-state index in [4.69, 9.17) is 11.6 Å². The van der Waals surface area contributed by atoms with Gasteiger partial charge in [0.2, 0.25) is 11.8 Å². The fourth-order valence-corrected chi connectivity index (χ4v) is 2.76. The summed E-state index contributed by atoms with van der Waals surface area (Å²) >= 11 is 5.85. The highest BCUT2D eigenvalue weighted by molar-refractivity contribution is 6.30. The minimum absolute atomic E-state index is 0.0113. The molecule has 5 nitrogen and oxygen atoms in total. The van der Waals surface area contributed by atoms with E-state index in [1.54, 1.807) is 29.2 Å². The lowest BCUT2D eigenvalue weighted by atomic mass is 10.0. The van der Waals surface area contributed by atoms with Gasteiger partial charge in [0, 0.05) is 49.2 Å². The van der Waals surface area contributed by atoms with Crippen LogP contribution in [0, 0.1) is 11.8 Å². The first-order chi connectivity index (χ1) is 10.1. The van der Waals surface area contributed by atoms with Crippen LogP contribution in [0.2, 0.25) is 5.02 Å². The molecule has 0 spiro atoms. The third-order valence-corrected chi connectivity index (χ3v) is 4.32. The Hall–Kier alpha value is -1.59. The molecule has 6 heteroatoms. The summed E-state index contributed by atoms with van der Waals surface area (Å²) in [6.45, 7) is 3.05. The van der Waals surface area contributed by atoms with E-state index in [0.29, 0.717) is 24.0 Å². The van der Waals surface area contributed by atoms with Crippen LogP contribution in [0.3, 0.4) is 0 Å². The highest BCUT2D eigenvalue weighted by Gasteiger charge is 2.35. The lowest BCUT2D eigenvalue weighted by Crippen LogP contribution is -2.49. The molecule has 1 atom stereocenters. The van der Waals surface area contributed by atoms with Crippen LogP contribution >= 0.6 is 11.6 Å². The number of hydrogen-bond acceptors (Lipinski definition) is 3. The maximum Gasteiger partial charge on any atom is 0.227 e. The predicted octanol–water partition coefficient (Wildman–Crippen LogP) is 1.03. The van der Waals surface area contributed by atoms with E-state index in [9.17, 15) is 9.59 Å². The smallest absolute Gasteiger partial charge is 0.227 e. The first-order valence-electron chi connectivity index (χ1n) is 7.18. The Kier molecular flexibility index (Phi) is 4.12. The van der Waals surface area contributed by atoms with Gasteiger partial charge in [0.15, 0.2) is 0 Å². The van der Waals surface area contributed by atoms with Gasteiger partial charge in [-0.1, -0.05) is 11.6 Å². The van der Waals surface area contributed by atoms with Crippen LogP contribution in [-0.4, -0.2) is 38.0 Å². The van der Waals surface area contributed by atoms with Crippen molar-refractivity contribution in [1.82, 2.24) is 10.6 Å². The van der Waals surface area contributed by atoms with Gasteiger partial charge in [-0.2, -0.15) is 0 Å². The van der Waals surface area contributed by atoms with E-state index in [2.05, 4.69) is 10.6 Å². The standard InChI is InChI=1S/C15H18ClN3O2/c16-12-1-3-13(4-2-12)19-9-11(5-14(19)20)15(21)18-8-10-6-17-7-10/h1-4,10-11,17H,5-9H2,(H,18,21). The SMILES string of the molecule is O=C(NCC1CNC1)C1CC(=O)N(c2ccc(Cl)cc2)C1. The molecule has 0 aliphatic carbocycles. The van der Waals surface area contributed by atoms with Gasteiger partial charge in [-0.15, -0.1) is 0 Å². The number of halogens is 1. The summed E-state index contributed by atoms with van der Waals surface area (Å²) < 4.78 is 0. The number of carbonyl (C=O) groups excluding carboxylic acids is 2. The Labute approximate surface area is 128 Å². The summed E-state index contributed by atoms with van der Waals surface area (Å²) in [5.74, 6) is 0.231. The second kappa shape index (κ2) is 6.03. The van der Waals surface area contributed by atoms with Crippen molar-refractivity contribution in [2.75, 3.05) is 31.1 Å². The lowest BCUT2D eigenvalue weighted by Gasteiger charge is -2.27. The molecule has 2 saturated heterocycles. The van der Waals surface area contributed by atoms with E-state index in [1.807, 2.05) is 0 Å². The Balaban J connectivity index is 1.58. The van der Waals surface area contributed by atoms with E-state index >= 15 is 0 Å². The van der Waals surface area contributed by atoms with E-state index in [-0.39, 0.29) is 24.2 Å². The lowest BCUT2D eigenvalue weighted by molar-refractivity contribution is -0.126. The minimum Gasteiger partial charge on any atom is -0.355 e. The molecule has 2 fully saturated rings. The van der Waals surface area contributed by atoms with Crippen molar-refractivity contribution in [2.24, 2.45) is 11.8 Å². The molecule has 21 heavy (non-hydrogen) atoms. The van der Waals surface area contributed by atoms with Crippen LogP contribution in [0.5, 0.6) is 0 Å². The average molecular weight is 308 g/mol. The molecule has 2 aliphatic rings. The number of rotatable bonds is 4. The van der Waals surface area contributed by atoms with Gasteiger partial charge >= 0.3 is 0 Å². The molecule has 2 amide bonds. The molecule has 0 saturated carbocycles. The first-order valence-corrected chi connectivity index (χ1v) is 7.55. The molecule has 2 heterocycles. The van der Waals surface area contributed by atoms with Gasteiger partial charge in [0.05, 0.1) is 5.92 Å². The summed E-state index contributed by atoms with van der Waals surface area (Å²) in [7, 11) is 0. The highest BCUT2D eigenvalue weighted by Crippen LogP contribution is 2.26. The van der Waals surface area contributed by atoms with Crippen molar-refractivity contribution in [3.8, 4) is 0 Å². The highest BCUT2D eigenvalue weighted by atomic mass is 35.5. The zero-order valence-electron chi connectivity index (χ0n) is 11.6. The Bertz CT molecular complexity index is 542. The molecule has 2 aliphatic heterocycles. The summed E-state index contributed by atoms with van der Waals surface area (Å²) in [5.41, 5.74) is 0.794. The van der Waals surface area contributed by atoms with Crippen LogP contribution in [0.25, 0.3) is 0 Å². The third-order valence-electron chi connectivity index (χ3n) is 4.07. The van der Waals surface area contributed by atoms with Crippen LogP contribution in [0.15, 0.2) is 24.3 Å². The molecule has 1 aromatic rings. The van der Waals surface area contributed by atoms with Gasteiger partial charge in [-0.3, -0.25) is 9.59 Å². The van der Waals surface area contributed by atoms with Crippen LogP contribution in [0.1, 0.15) is 6.42 Å². The predicted molar refractivity (Wildman–Crippen MR) is 81.3 cm³/mol. The minimum atomic E-state index is -0.263. The summed E-state index contributed by atoms with van der Waals surface area (Å²) in [4.78, 5) is 25.9. The average Bonchev–Trinajstić information content (AvgIpc) is 2.80. The van der Waals surface area contributed by atoms with Crippen molar-refractivity contribution in [3.05, 3.63) is 29.3 Å². The number of carbonyl (C=O) groups is 2. The number of hydrogen-bond donors (Lipinski definition) is 2. The largest absolute Gasteiger partial charge is 0.355 e. The Morgan fingerprint density at radius 2 is 2.05 bits per heavy atom. The number of nitrogens with one attached hydrogen (secondary N) is 2. The van der Waals surface area contributed by atoms with Crippen molar-refractivity contribution < 1.29 is 9.59 Å². The summed E-state index contributed by atoms with van der Waals surface area (Å²) in [6.07, 6.45) is 0.275. The molecule has 0 bridgehead atoms. The van der Waals surface area contributed by atoms with Gasteiger partial charge in [0.1, 0.15) is 0 Å². The second-order valence-corrected chi connectivity index (χ2v) is 6.09. The normalized spacial score (nSPS) is 22.2. The fraction of sp³-hybridized carbons (Fsp3) is 0.467. The number of amides is 2. The maximum atomic E-state index is 12.1. The van der Waals surface area contributed by atoms with Crippen LogP contribution in [-0.2, 0) is 9.59 Å². The first kappa shape index (κ1) is 14.4. The van der Waals surface area contributed by atoms with Crippen molar-refractivity contribution in [3.63, 3.8) is 0 Å². The van der Waals surface area contributed by atoms with Crippen molar-refractivity contribution in [2.45, 2.75) is 6.42 Å². The van der Waals surface area contributed by atoms with Gasteiger partial charge < -0.3 is 15.5 Å². The molecule has 112 valence electrons. The molecular weight excluding hydrogens is 290 g/mol. The number of nitrogens with zero attached hydrogens (tertiary/aromatic N) is 1. The van der Waals surface area contributed by atoms with Crippen LogP contribution < -0.4 is 15.5 Å². The molecule has 0 radical (unpaired) electrons. The van der Waals surface area contributed by atoms with E-state index < -0.39 is 0 Å². The molecule has 1 unspecified atom stereocenters. The maximum absolute atomic E-state index is 12.1. The molecule has 0 aromatic heterocycles.